The molecule has 0 radical (unpaired) electrons. The minimum absolute atomic E-state index is 0.190. The third-order valence-electron chi connectivity index (χ3n) is 2.99. The average Bonchev–Trinajstić information content (AvgIpc) is 2.85. The smallest absolute Gasteiger partial charge is 0.252 e. The molecule has 1 heterocycles. The maximum atomic E-state index is 12.0. The van der Waals surface area contributed by atoms with E-state index in [-0.39, 0.29) is 5.91 Å². The molecule has 1 N–H and O–H groups in total. The average molecular weight is 244 g/mol. The Kier molecular flexibility index (Phi) is 3.83. The minimum atomic E-state index is -0.410. The van der Waals surface area contributed by atoms with E-state index in [1.807, 2.05) is 19.1 Å². The fourth-order valence-electron chi connectivity index (χ4n) is 2.03. The first-order valence-electron chi connectivity index (χ1n) is 6.20. The molecule has 1 aromatic carbocycles. The van der Waals surface area contributed by atoms with Crippen LogP contribution in [-0.2, 0) is 6.42 Å². The first-order chi connectivity index (χ1) is 8.74. The van der Waals surface area contributed by atoms with Gasteiger partial charge in [-0.25, -0.2) is 0 Å². The van der Waals surface area contributed by atoms with Crippen LogP contribution in [0.5, 0.6) is 5.75 Å². The van der Waals surface area contributed by atoms with Crippen molar-refractivity contribution >= 4 is 5.91 Å². The molecule has 0 spiro atoms. The predicted octanol–water partition coefficient (Wildman–Crippen LogP) is 2.04. The van der Waals surface area contributed by atoms with Crippen molar-refractivity contribution in [3.05, 3.63) is 29.3 Å². The van der Waals surface area contributed by atoms with Crippen LogP contribution in [0.1, 0.15) is 35.7 Å². The van der Waals surface area contributed by atoms with Crippen LogP contribution in [0, 0.1) is 11.3 Å². The quantitative estimate of drug-likeness (QED) is 0.881. The van der Waals surface area contributed by atoms with Gasteiger partial charge in [0.05, 0.1) is 12.7 Å². The van der Waals surface area contributed by atoms with Crippen molar-refractivity contribution < 1.29 is 9.53 Å². The van der Waals surface area contributed by atoms with E-state index in [1.165, 1.54) is 0 Å². The Morgan fingerprint density at radius 3 is 3.17 bits per heavy atom. The molecule has 1 atom stereocenters. The van der Waals surface area contributed by atoms with Gasteiger partial charge in [-0.1, -0.05) is 13.3 Å². The van der Waals surface area contributed by atoms with E-state index in [0.717, 1.165) is 24.2 Å². The van der Waals surface area contributed by atoms with E-state index < -0.39 is 6.04 Å². The number of hydrogen-bond donors (Lipinski definition) is 1. The Balaban J connectivity index is 2.07. The lowest BCUT2D eigenvalue weighted by molar-refractivity contribution is 0.0944. The molecule has 18 heavy (non-hydrogen) atoms. The molecule has 1 aliphatic rings. The second-order valence-electron chi connectivity index (χ2n) is 4.36. The van der Waals surface area contributed by atoms with Gasteiger partial charge in [-0.05, 0) is 30.2 Å². The summed E-state index contributed by atoms with van der Waals surface area (Å²) in [6.45, 7) is 2.67. The molecule has 1 unspecified atom stereocenters. The van der Waals surface area contributed by atoms with E-state index in [4.69, 9.17) is 10.00 Å². The fourth-order valence-corrected chi connectivity index (χ4v) is 2.03. The highest BCUT2D eigenvalue weighted by molar-refractivity contribution is 5.95. The summed E-state index contributed by atoms with van der Waals surface area (Å²) in [6.07, 6.45) is 2.39. The van der Waals surface area contributed by atoms with E-state index >= 15 is 0 Å². The van der Waals surface area contributed by atoms with Gasteiger partial charge in [0.25, 0.3) is 5.91 Å². The lowest BCUT2D eigenvalue weighted by atomic mass is 10.1. The molecule has 2 rings (SSSR count). The highest BCUT2D eigenvalue weighted by atomic mass is 16.5. The molecule has 4 nitrogen and oxygen atoms in total. The fraction of sp³-hybridized carbons (Fsp3) is 0.429. The molecule has 0 saturated carbocycles. The van der Waals surface area contributed by atoms with Gasteiger partial charge in [-0.15, -0.1) is 0 Å². The molecule has 0 aromatic heterocycles. The number of hydrogen-bond acceptors (Lipinski definition) is 3. The number of carbonyl (C=O) groups is 1. The molecule has 94 valence electrons. The predicted molar refractivity (Wildman–Crippen MR) is 67.4 cm³/mol. The first-order valence-corrected chi connectivity index (χ1v) is 6.20. The van der Waals surface area contributed by atoms with E-state index in [9.17, 15) is 4.79 Å². The zero-order valence-corrected chi connectivity index (χ0v) is 10.4. The second-order valence-corrected chi connectivity index (χ2v) is 4.36. The van der Waals surface area contributed by atoms with Gasteiger partial charge in [0, 0.05) is 12.0 Å². The molecule has 0 saturated heterocycles. The Bertz CT molecular complexity index is 491. The molecule has 0 bridgehead atoms. The van der Waals surface area contributed by atoms with Crippen LogP contribution in [0.4, 0.5) is 0 Å². The summed E-state index contributed by atoms with van der Waals surface area (Å²) < 4.78 is 5.39. The van der Waals surface area contributed by atoms with Gasteiger partial charge in [-0.2, -0.15) is 5.26 Å². The number of nitriles is 1. The number of nitrogens with one attached hydrogen (secondary N) is 1. The zero-order valence-electron chi connectivity index (χ0n) is 10.4. The molecule has 1 aliphatic heterocycles. The van der Waals surface area contributed by atoms with Crippen molar-refractivity contribution in [1.82, 2.24) is 5.32 Å². The summed E-state index contributed by atoms with van der Waals surface area (Å²) >= 11 is 0. The summed E-state index contributed by atoms with van der Waals surface area (Å²) in [5, 5.41) is 11.7. The topological polar surface area (TPSA) is 62.1 Å². The molecule has 4 heteroatoms. The van der Waals surface area contributed by atoms with Crippen LogP contribution in [0.2, 0.25) is 0 Å². The van der Waals surface area contributed by atoms with Crippen LogP contribution in [0.25, 0.3) is 0 Å². The number of benzene rings is 1. The van der Waals surface area contributed by atoms with Crippen LogP contribution < -0.4 is 10.1 Å². The summed E-state index contributed by atoms with van der Waals surface area (Å²) in [6, 6.07) is 7.09. The molecule has 1 amide bonds. The normalized spacial score (nSPS) is 14.2. The van der Waals surface area contributed by atoms with Crippen LogP contribution in [0.15, 0.2) is 18.2 Å². The van der Waals surface area contributed by atoms with Gasteiger partial charge in [0.15, 0.2) is 0 Å². The van der Waals surface area contributed by atoms with E-state index in [2.05, 4.69) is 11.4 Å². The van der Waals surface area contributed by atoms with Crippen molar-refractivity contribution in [3.63, 3.8) is 0 Å². The highest BCUT2D eigenvalue weighted by Crippen LogP contribution is 2.25. The standard InChI is InChI=1S/C14H16N2O2/c1-2-3-12(9-15)16-14(17)11-4-5-13-10(8-11)6-7-18-13/h4-5,8,12H,2-3,6-7H2,1H3,(H,16,17). The second kappa shape index (κ2) is 5.54. The number of nitrogens with zero attached hydrogens (tertiary/aromatic N) is 1. The number of amides is 1. The number of fused-ring (bicyclic) bond motifs is 1. The van der Waals surface area contributed by atoms with E-state index in [1.54, 1.807) is 6.07 Å². The Morgan fingerprint density at radius 1 is 1.61 bits per heavy atom. The van der Waals surface area contributed by atoms with Gasteiger partial charge in [0.1, 0.15) is 11.8 Å². The summed E-state index contributed by atoms with van der Waals surface area (Å²) in [7, 11) is 0. The Labute approximate surface area is 107 Å². The monoisotopic (exact) mass is 244 g/mol. The SMILES string of the molecule is CCCC(C#N)NC(=O)c1ccc2c(c1)CCO2. The Morgan fingerprint density at radius 2 is 2.44 bits per heavy atom. The summed E-state index contributed by atoms with van der Waals surface area (Å²) in [5.74, 6) is 0.668. The number of ether oxygens (including phenoxy) is 1. The maximum Gasteiger partial charge on any atom is 0.252 e. The number of rotatable bonds is 4. The highest BCUT2D eigenvalue weighted by Gasteiger charge is 2.16. The van der Waals surface area contributed by atoms with Crippen molar-refractivity contribution in [3.8, 4) is 11.8 Å². The van der Waals surface area contributed by atoms with Crippen LogP contribution >= 0.6 is 0 Å². The zero-order chi connectivity index (χ0) is 13.0. The first kappa shape index (κ1) is 12.4. The maximum absolute atomic E-state index is 12.0. The van der Waals surface area contributed by atoms with Crippen molar-refractivity contribution in [2.75, 3.05) is 6.61 Å². The minimum Gasteiger partial charge on any atom is -0.493 e. The summed E-state index contributed by atoms with van der Waals surface area (Å²) in [5.41, 5.74) is 1.65. The van der Waals surface area contributed by atoms with Crippen molar-refractivity contribution in [2.24, 2.45) is 0 Å². The van der Waals surface area contributed by atoms with Gasteiger partial charge < -0.3 is 10.1 Å². The van der Waals surface area contributed by atoms with Gasteiger partial charge >= 0.3 is 0 Å². The lowest BCUT2D eigenvalue weighted by Crippen LogP contribution is -2.33. The van der Waals surface area contributed by atoms with Crippen LogP contribution in [-0.4, -0.2) is 18.6 Å². The molecule has 0 aliphatic carbocycles. The summed E-state index contributed by atoms with van der Waals surface area (Å²) in [4.78, 5) is 12.0. The number of carbonyl (C=O) groups excluding carboxylic acids is 1. The lowest BCUT2D eigenvalue weighted by Gasteiger charge is -2.10. The largest absolute Gasteiger partial charge is 0.493 e. The molecule has 1 aromatic rings. The van der Waals surface area contributed by atoms with E-state index in [0.29, 0.717) is 18.6 Å². The van der Waals surface area contributed by atoms with Gasteiger partial charge in [-0.3, -0.25) is 4.79 Å². The molecular formula is C14H16N2O2. The van der Waals surface area contributed by atoms with Crippen molar-refractivity contribution in [2.45, 2.75) is 32.2 Å². The third-order valence-corrected chi connectivity index (χ3v) is 2.99. The Hall–Kier alpha value is -2.02. The van der Waals surface area contributed by atoms with Crippen molar-refractivity contribution in [1.29, 1.82) is 5.26 Å². The third kappa shape index (κ3) is 2.62. The molecule has 0 fully saturated rings. The molecular weight excluding hydrogens is 228 g/mol. The van der Waals surface area contributed by atoms with Crippen LogP contribution in [0.3, 0.4) is 0 Å². The van der Waals surface area contributed by atoms with Gasteiger partial charge in [0.2, 0.25) is 0 Å².